The van der Waals surface area contributed by atoms with Crippen LogP contribution in [0.15, 0.2) is 0 Å². The van der Waals surface area contributed by atoms with Crippen LogP contribution in [0.3, 0.4) is 0 Å². The fourth-order valence-electron chi connectivity index (χ4n) is 4.25. The third kappa shape index (κ3) is 24.3. The van der Waals surface area contributed by atoms with Gasteiger partial charge in [0.05, 0.1) is 19.4 Å². The van der Waals surface area contributed by atoms with Crippen LogP contribution in [0.5, 0.6) is 0 Å². The maximum atomic E-state index is 12.4. The van der Waals surface area contributed by atoms with Crippen molar-refractivity contribution in [3.63, 3.8) is 0 Å². The van der Waals surface area contributed by atoms with E-state index < -0.39 is 13.7 Å². The normalized spacial score (nSPS) is 14.1. The standard InChI is InChI=1S/C29H60NO6P/c1-5-9-10-11-12-13-14-15-16-17-18-19-20-21-22-24-34-26-28(36-29(31)6-2)27-35-37(32,33)25-23-30(7-3)8-4/h28H,5-27H2,1-4H3,(H,32,33). The highest BCUT2D eigenvalue weighted by Gasteiger charge is 2.24. The molecule has 222 valence electrons. The quantitative estimate of drug-likeness (QED) is 0.0607. The van der Waals surface area contributed by atoms with E-state index in [0.717, 1.165) is 25.9 Å². The topological polar surface area (TPSA) is 85.3 Å². The Morgan fingerprint density at radius 2 is 1.24 bits per heavy atom. The third-order valence-electron chi connectivity index (χ3n) is 6.84. The highest BCUT2D eigenvalue weighted by molar-refractivity contribution is 7.52. The molecule has 0 aromatic heterocycles. The van der Waals surface area contributed by atoms with Crippen LogP contribution in [0.2, 0.25) is 0 Å². The number of carbonyl (C=O) groups is 1. The van der Waals surface area contributed by atoms with Crippen molar-refractivity contribution >= 4 is 13.6 Å². The Kier molecular flexibility index (Phi) is 25.5. The van der Waals surface area contributed by atoms with Crippen molar-refractivity contribution in [1.82, 2.24) is 4.90 Å². The summed E-state index contributed by atoms with van der Waals surface area (Å²) in [6, 6.07) is 0. The van der Waals surface area contributed by atoms with Gasteiger partial charge in [-0.3, -0.25) is 9.36 Å². The van der Waals surface area contributed by atoms with Gasteiger partial charge in [-0.2, -0.15) is 0 Å². The summed E-state index contributed by atoms with van der Waals surface area (Å²) in [4.78, 5) is 24.0. The van der Waals surface area contributed by atoms with Gasteiger partial charge in [0.15, 0.2) is 0 Å². The molecule has 0 aliphatic rings. The minimum atomic E-state index is -3.74. The molecular weight excluding hydrogens is 489 g/mol. The van der Waals surface area contributed by atoms with E-state index in [9.17, 15) is 14.3 Å². The second-order valence-electron chi connectivity index (χ2n) is 10.2. The van der Waals surface area contributed by atoms with Crippen LogP contribution in [0, 0.1) is 0 Å². The van der Waals surface area contributed by atoms with Crippen LogP contribution in [0.4, 0.5) is 0 Å². The first kappa shape index (κ1) is 36.5. The number of nitrogens with zero attached hydrogens (tertiary/aromatic N) is 1. The number of ether oxygens (including phenoxy) is 2. The molecule has 0 saturated carbocycles. The van der Waals surface area contributed by atoms with Crippen molar-refractivity contribution in [2.24, 2.45) is 0 Å². The predicted octanol–water partition coefficient (Wildman–Crippen LogP) is 7.74. The van der Waals surface area contributed by atoms with Crippen LogP contribution in [-0.2, 0) is 23.4 Å². The lowest BCUT2D eigenvalue weighted by Gasteiger charge is -2.22. The Morgan fingerprint density at radius 3 is 1.70 bits per heavy atom. The molecule has 0 aliphatic heterocycles. The first-order chi connectivity index (χ1) is 17.9. The van der Waals surface area contributed by atoms with Crippen LogP contribution in [0.25, 0.3) is 0 Å². The second kappa shape index (κ2) is 25.8. The van der Waals surface area contributed by atoms with E-state index >= 15 is 0 Å². The summed E-state index contributed by atoms with van der Waals surface area (Å²) in [6.07, 6.45) is 19.4. The molecule has 1 N–H and O–H groups in total. The highest BCUT2D eigenvalue weighted by atomic mass is 31.2. The van der Waals surface area contributed by atoms with Gasteiger partial charge in [-0.15, -0.1) is 0 Å². The van der Waals surface area contributed by atoms with Gasteiger partial charge >= 0.3 is 13.6 Å². The van der Waals surface area contributed by atoms with Gasteiger partial charge in [-0.05, 0) is 19.5 Å². The number of rotatable bonds is 28. The molecule has 8 heteroatoms. The summed E-state index contributed by atoms with van der Waals surface area (Å²) in [6.45, 7) is 10.8. The van der Waals surface area contributed by atoms with E-state index in [-0.39, 0.29) is 31.8 Å². The first-order valence-electron chi connectivity index (χ1n) is 15.3. The SMILES string of the molecule is CCCCCCCCCCCCCCCCCOCC(COP(=O)(O)CCN(CC)CC)OC(=O)CC. The molecule has 0 spiro atoms. The summed E-state index contributed by atoms with van der Waals surface area (Å²) < 4.78 is 28.7. The Labute approximate surface area is 228 Å². The number of hydrogen-bond donors (Lipinski definition) is 1. The third-order valence-corrected chi connectivity index (χ3v) is 8.16. The zero-order chi connectivity index (χ0) is 27.6. The fraction of sp³-hybridized carbons (Fsp3) is 0.966. The molecule has 0 rings (SSSR count). The summed E-state index contributed by atoms with van der Waals surface area (Å²) in [5.41, 5.74) is 0. The number of carbonyl (C=O) groups excluding carboxylic acids is 1. The molecule has 0 radical (unpaired) electrons. The molecule has 2 unspecified atom stereocenters. The Morgan fingerprint density at radius 1 is 0.757 bits per heavy atom. The smallest absolute Gasteiger partial charge is 0.329 e. The molecule has 0 heterocycles. The zero-order valence-electron chi connectivity index (χ0n) is 24.7. The summed E-state index contributed by atoms with van der Waals surface area (Å²) in [5, 5.41) is 0. The molecule has 0 saturated heterocycles. The van der Waals surface area contributed by atoms with Crippen LogP contribution < -0.4 is 0 Å². The molecule has 0 aromatic carbocycles. The van der Waals surface area contributed by atoms with Gasteiger partial charge < -0.3 is 23.8 Å². The molecule has 7 nitrogen and oxygen atoms in total. The van der Waals surface area contributed by atoms with Crippen molar-refractivity contribution in [2.75, 3.05) is 45.6 Å². The molecule has 0 fully saturated rings. The Balaban J connectivity index is 3.86. The number of hydrogen-bond acceptors (Lipinski definition) is 6. The van der Waals surface area contributed by atoms with E-state index in [0.29, 0.717) is 13.2 Å². The average molecular weight is 550 g/mol. The van der Waals surface area contributed by atoms with Crippen molar-refractivity contribution in [2.45, 2.75) is 137 Å². The first-order valence-corrected chi connectivity index (χ1v) is 17.1. The van der Waals surface area contributed by atoms with Gasteiger partial charge in [0.25, 0.3) is 0 Å². The lowest BCUT2D eigenvalue weighted by molar-refractivity contribution is -0.153. The van der Waals surface area contributed by atoms with E-state index in [1.807, 2.05) is 13.8 Å². The van der Waals surface area contributed by atoms with Crippen molar-refractivity contribution in [3.05, 3.63) is 0 Å². The van der Waals surface area contributed by atoms with Gasteiger partial charge in [0.1, 0.15) is 6.10 Å². The highest BCUT2D eigenvalue weighted by Crippen LogP contribution is 2.41. The summed E-state index contributed by atoms with van der Waals surface area (Å²) >= 11 is 0. The van der Waals surface area contributed by atoms with E-state index in [1.54, 1.807) is 6.92 Å². The number of esters is 1. The summed E-state index contributed by atoms with van der Waals surface area (Å²) in [7, 11) is -3.74. The monoisotopic (exact) mass is 549 g/mol. The van der Waals surface area contributed by atoms with Crippen LogP contribution in [0.1, 0.15) is 130 Å². The Bertz CT molecular complexity index is 559. The molecular formula is C29H60NO6P. The predicted molar refractivity (Wildman–Crippen MR) is 154 cm³/mol. The van der Waals surface area contributed by atoms with Gasteiger partial charge in [-0.25, -0.2) is 0 Å². The molecule has 0 bridgehead atoms. The number of unbranched alkanes of at least 4 members (excludes halogenated alkanes) is 14. The van der Waals surface area contributed by atoms with Crippen molar-refractivity contribution in [3.8, 4) is 0 Å². The molecule has 0 aliphatic carbocycles. The minimum absolute atomic E-state index is 0.0586. The molecule has 37 heavy (non-hydrogen) atoms. The molecule has 0 amide bonds. The largest absolute Gasteiger partial charge is 0.457 e. The van der Waals surface area contributed by atoms with Crippen LogP contribution in [-0.4, -0.2) is 67.5 Å². The lowest BCUT2D eigenvalue weighted by Crippen LogP contribution is -2.29. The lowest BCUT2D eigenvalue weighted by atomic mass is 10.0. The zero-order valence-corrected chi connectivity index (χ0v) is 25.6. The second-order valence-corrected chi connectivity index (χ2v) is 12.2. The average Bonchev–Trinajstić information content (AvgIpc) is 2.89. The maximum absolute atomic E-state index is 12.4. The van der Waals surface area contributed by atoms with Crippen molar-refractivity contribution in [1.29, 1.82) is 0 Å². The Hall–Kier alpha value is -0.460. The molecule has 0 aromatic rings. The van der Waals surface area contributed by atoms with E-state index in [2.05, 4.69) is 11.8 Å². The van der Waals surface area contributed by atoms with Gasteiger partial charge in [0.2, 0.25) is 0 Å². The van der Waals surface area contributed by atoms with Gasteiger partial charge in [0, 0.05) is 19.6 Å². The minimum Gasteiger partial charge on any atom is -0.457 e. The van der Waals surface area contributed by atoms with E-state index in [4.69, 9.17) is 14.0 Å². The molecule has 2 atom stereocenters. The fourth-order valence-corrected chi connectivity index (χ4v) is 5.31. The summed E-state index contributed by atoms with van der Waals surface area (Å²) in [5.74, 6) is -0.361. The van der Waals surface area contributed by atoms with Crippen LogP contribution >= 0.6 is 7.60 Å². The van der Waals surface area contributed by atoms with Gasteiger partial charge in [-0.1, -0.05) is 118 Å². The maximum Gasteiger partial charge on any atom is 0.329 e. The van der Waals surface area contributed by atoms with Crippen molar-refractivity contribution < 1.29 is 28.3 Å². The van der Waals surface area contributed by atoms with E-state index in [1.165, 1.54) is 83.5 Å².